The molecule has 0 aliphatic rings. The maximum absolute atomic E-state index is 11.9. The lowest BCUT2D eigenvalue weighted by molar-refractivity contribution is -0.128. The van der Waals surface area contributed by atoms with Crippen molar-refractivity contribution in [1.29, 1.82) is 0 Å². The molecule has 0 fully saturated rings. The number of amides is 1. The van der Waals surface area contributed by atoms with Gasteiger partial charge in [-0.2, -0.15) is 0 Å². The summed E-state index contributed by atoms with van der Waals surface area (Å²) in [6.45, 7) is 8.57. The predicted octanol–water partition coefficient (Wildman–Crippen LogP) is 2.76. The van der Waals surface area contributed by atoms with Crippen LogP contribution in [0.1, 0.15) is 33.3 Å². The molecule has 0 spiro atoms. The van der Waals surface area contributed by atoms with E-state index in [1.165, 1.54) is 0 Å². The second-order valence-electron chi connectivity index (χ2n) is 5.31. The summed E-state index contributed by atoms with van der Waals surface area (Å²) in [6.07, 6.45) is 0. The topological polar surface area (TPSA) is 47.6 Å². The van der Waals surface area contributed by atoms with Gasteiger partial charge in [-0.15, -0.1) is 0 Å². The molecule has 19 heavy (non-hydrogen) atoms. The molecule has 0 saturated carbocycles. The van der Waals surface area contributed by atoms with Crippen LogP contribution in [0.4, 0.5) is 0 Å². The predicted molar refractivity (Wildman–Crippen MR) is 75.5 cm³/mol. The molecule has 1 rings (SSSR count). The van der Waals surface area contributed by atoms with Gasteiger partial charge in [-0.05, 0) is 13.0 Å². The summed E-state index contributed by atoms with van der Waals surface area (Å²) in [5.74, 6) is 1.39. The molecule has 4 nitrogen and oxygen atoms in total. The first-order chi connectivity index (χ1) is 8.90. The zero-order valence-corrected chi connectivity index (χ0v) is 12.4. The first-order valence-corrected chi connectivity index (χ1v) is 6.47. The van der Waals surface area contributed by atoms with Crippen molar-refractivity contribution >= 4 is 5.91 Å². The average molecular weight is 265 g/mol. The van der Waals surface area contributed by atoms with E-state index in [0.717, 1.165) is 5.56 Å². The molecule has 1 N–H and O–H groups in total. The Morgan fingerprint density at radius 3 is 2.53 bits per heavy atom. The molecular formula is C15H23NO3. The van der Waals surface area contributed by atoms with Crippen LogP contribution in [0.5, 0.6) is 11.5 Å². The normalized spacial score (nSPS) is 11.0. The molecule has 1 amide bonds. The highest BCUT2D eigenvalue weighted by Crippen LogP contribution is 2.31. The van der Waals surface area contributed by atoms with Crippen molar-refractivity contribution in [2.45, 2.75) is 34.2 Å². The minimum Gasteiger partial charge on any atom is -0.493 e. The van der Waals surface area contributed by atoms with Crippen LogP contribution in [0.2, 0.25) is 0 Å². The minimum absolute atomic E-state index is 0.0118. The molecule has 0 unspecified atom stereocenters. The summed E-state index contributed by atoms with van der Waals surface area (Å²) in [5, 5.41) is 2.91. The maximum Gasteiger partial charge on any atom is 0.225 e. The molecule has 0 heterocycles. The van der Waals surface area contributed by atoms with E-state index in [2.05, 4.69) is 5.32 Å². The van der Waals surface area contributed by atoms with Crippen molar-refractivity contribution in [2.75, 3.05) is 13.7 Å². The molecule has 0 aromatic heterocycles. The van der Waals surface area contributed by atoms with Gasteiger partial charge in [0.2, 0.25) is 5.91 Å². The molecule has 0 aliphatic heterocycles. The molecule has 1 aromatic carbocycles. The summed E-state index contributed by atoms with van der Waals surface area (Å²) < 4.78 is 10.9. The van der Waals surface area contributed by atoms with Gasteiger partial charge in [-0.1, -0.05) is 32.9 Å². The van der Waals surface area contributed by atoms with Crippen molar-refractivity contribution in [1.82, 2.24) is 5.32 Å². The fourth-order valence-electron chi connectivity index (χ4n) is 1.61. The molecule has 1 aromatic rings. The van der Waals surface area contributed by atoms with Gasteiger partial charge in [0.05, 0.1) is 13.7 Å². The van der Waals surface area contributed by atoms with Crippen LogP contribution < -0.4 is 14.8 Å². The third-order valence-corrected chi connectivity index (χ3v) is 2.69. The fraction of sp³-hybridized carbons (Fsp3) is 0.533. The molecular weight excluding hydrogens is 242 g/mol. The highest BCUT2D eigenvalue weighted by atomic mass is 16.5. The number of rotatable bonds is 5. The Labute approximate surface area is 115 Å². The summed E-state index contributed by atoms with van der Waals surface area (Å²) in [5.41, 5.74) is 0.517. The number of hydrogen-bond acceptors (Lipinski definition) is 3. The van der Waals surface area contributed by atoms with E-state index in [1.807, 2.05) is 45.9 Å². The van der Waals surface area contributed by atoms with Crippen LogP contribution in [0.25, 0.3) is 0 Å². The van der Waals surface area contributed by atoms with Crippen LogP contribution in [0.3, 0.4) is 0 Å². The van der Waals surface area contributed by atoms with E-state index in [0.29, 0.717) is 24.7 Å². The third kappa shape index (κ3) is 4.16. The molecule has 4 heteroatoms. The Bertz CT molecular complexity index is 436. The maximum atomic E-state index is 11.9. The van der Waals surface area contributed by atoms with Crippen LogP contribution in [-0.2, 0) is 11.3 Å². The van der Waals surface area contributed by atoms with Crippen LogP contribution in [0.15, 0.2) is 18.2 Å². The summed E-state index contributed by atoms with van der Waals surface area (Å²) in [6, 6.07) is 5.66. The van der Waals surface area contributed by atoms with E-state index in [4.69, 9.17) is 9.47 Å². The highest BCUT2D eigenvalue weighted by Gasteiger charge is 2.21. The number of ether oxygens (including phenoxy) is 2. The smallest absolute Gasteiger partial charge is 0.225 e. The quantitative estimate of drug-likeness (QED) is 0.890. The summed E-state index contributed by atoms with van der Waals surface area (Å²) >= 11 is 0. The van der Waals surface area contributed by atoms with E-state index in [9.17, 15) is 4.79 Å². The molecule has 0 saturated heterocycles. The molecule has 0 bridgehead atoms. The third-order valence-electron chi connectivity index (χ3n) is 2.69. The highest BCUT2D eigenvalue weighted by molar-refractivity contribution is 5.81. The largest absolute Gasteiger partial charge is 0.493 e. The van der Waals surface area contributed by atoms with E-state index in [1.54, 1.807) is 7.11 Å². The van der Waals surface area contributed by atoms with Gasteiger partial charge in [0.1, 0.15) is 0 Å². The van der Waals surface area contributed by atoms with Crippen LogP contribution in [-0.4, -0.2) is 19.6 Å². The lowest BCUT2D eigenvalue weighted by Crippen LogP contribution is -2.34. The van der Waals surface area contributed by atoms with Gasteiger partial charge in [0.15, 0.2) is 11.5 Å². The minimum atomic E-state index is -0.398. The Hall–Kier alpha value is -1.71. The molecule has 106 valence electrons. The average Bonchev–Trinajstić information content (AvgIpc) is 2.36. The summed E-state index contributed by atoms with van der Waals surface area (Å²) in [4.78, 5) is 11.9. The Morgan fingerprint density at radius 2 is 2.00 bits per heavy atom. The number of methoxy groups -OCH3 is 1. The first-order valence-electron chi connectivity index (χ1n) is 6.47. The lowest BCUT2D eigenvalue weighted by Gasteiger charge is -2.19. The van der Waals surface area contributed by atoms with E-state index >= 15 is 0 Å². The molecule has 0 radical (unpaired) electrons. The zero-order chi connectivity index (χ0) is 14.5. The molecule has 0 aliphatic carbocycles. The Morgan fingerprint density at radius 1 is 1.32 bits per heavy atom. The second kappa shape index (κ2) is 6.45. The SMILES string of the molecule is CCOc1c(CNC(=O)C(C)(C)C)cccc1OC. The van der Waals surface area contributed by atoms with Gasteiger partial charge < -0.3 is 14.8 Å². The number of para-hydroxylation sites is 1. The fourth-order valence-corrected chi connectivity index (χ4v) is 1.61. The van der Waals surface area contributed by atoms with Crippen molar-refractivity contribution in [2.24, 2.45) is 5.41 Å². The van der Waals surface area contributed by atoms with Crippen molar-refractivity contribution in [3.63, 3.8) is 0 Å². The van der Waals surface area contributed by atoms with E-state index in [-0.39, 0.29) is 5.91 Å². The van der Waals surface area contributed by atoms with Gasteiger partial charge in [0.25, 0.3) is 0 Å². The number of carbonyl (C=O) groups excluding carboxylic acids is 1. The number of hydrogen-bond donors (Lipinski definition) is 1. The second-order valence-corrected chi connectivity index (χ2v) is 5.31. The van der Waals surface area contributed by atoms with Gasteiger partial charge in [0, 0.05) is 17.5 Å². The monoisotopic (exact) mass is 265 g/mol. The standard InChI is InChI=1S/C15H23NO3/c1-6-19-13-11(8-7-9-12(13)18-5)10-16-14(17)15(2,3)4/h7-9H,6,10H2,1-5H3,(H,16,17). The first kappa shape index (κ1) is 15.3. The van der Waals surface area contributed by atoms with Crippen LogP contribution in [0, 0.1) is 5.41 Å². The molecule has 0 atom stereocenters. The van der Waals surface area contributed by atoms with E-state index < -0.39 is 5.41 Å². The zero-order valence-electron chi connectivity index (χ0n) is 12.4. The number of carbonyl (C=O) groups is 1. The van der Waals surface area contributed by atoms with Crippen molar-refractivity contribution in [3.8, 4) is 11.5 Å². The van der Waals surface area contributed by atoms with Crippen molar-refractivity contribution in [3.05, 3.63) is 23.8 Å². The Balaban J connectivity index is 2.86. The van der Waals surface area contributed by atoms with Crippen LogP contribution >= 0.6 is 0 Å². The van der Waals surface area contributed by atoms with Crippen molar-refractivity contribution < 1.29 is 14.3 Å². The number of nitrogens with one attached hydrogen (secondary N) is 1. The Kier molecular flexibility index (Phi) is 5.21. The van der Waals surface area contributed by atoms with Gasteiger partial charge in [-0.25, -0.2) is 0 Å². The summed E-state index contributed by atoms with van der Waals surface area (Å²) in [7, 11) is 1.61. The van der Waals surface area contributed by atoms with Gasteiger partial charge >= 0.3 is 0 Å². The van der Waals surface area contributed by atoms with Gasteiger partial charge in [-0.3, -0.25) is 4.79 Å². The number of benzene rings is 1. The lowest BCUT2D eigenvalue weighted by atomic mass is 9.95.